The molecule has 0 amide bonds. The summed E-state index contributed by atoms with van der Waals surface area (Å²) in [4.78, 5) is 8.33. The maximum atomic E-state index is 8.33. The largest absolute Gasteiger partial charge is 0.652 e. The molecule has 0 saturated carbocycles. The van der Waals surface area contributed by atoms with Crippen LogP contribution in [-0.2, 0) is 0 Å². The molecule has 12 heavy (non-hydrogen) atoms. The molecule has 0 saturated heterocycles. The Labute approximate surface area is 73.4 Å². The first kappa shape index (κ1) is 17.3. The van der Waals surface area contributed by atoms with E-state index in [9.17, 15) is 0 Å². The van der Waals surface area contributed by atoms with Crippen LogP contribution in [0.25, 0.3) is 0 Å². The molecule has 0 bridgehead atoms. The lowest BCUT2D eigenvalue weighted by molar-refractivity contribution is -0.415. The third-order valence-corrected chi connectivity index (χ3v) is 0. The van der Waals surface area contributed by atoms with Crippen molar-refractivity contribution in [3.63, 3.8) is 0 Å². The van der Waals surface area contributed by atoms with Crippen LogP contribution in [0.15, 0.2) is 0 Å². The van der Waals surface area contributed by atoms with Crippen LogP contribution in [0.5, 0.6) is 0 Å². The highest BCUT2D eigenvalue weighted by molar-refractivity contribution is 5.47. The van der Waals surface area contributed by atoms with Gasteiger partial charge in [-0.05, 0) is 33.9 Å². The molecule has 6 N–H and O–H groups in total. The number of quaternary nitrogens is 2. The van der Waals surface area contributed by atoms with E-state index in [1.54, 1.807) is 0 Å². The zero-order valence-electron chi connectivity index (χ0n) is 8.29. The van der Waals surface area contributed by atoms with Gasteiger partial charge in [0.2, 0.25) is 0 Å². The molecule has 0 aromatic heterocycles. The van der Waals surface area contributed by atoms with Gasteiger partial charge >= 0.3 is 0 Å². The molecular weight excluding hydrogens is 160 g/mol. The van der Waals surface area contributed by atoms with Crippen molar-refractivity contribution in [1.29, 1.82) is 0 Å². The predicted molar refractivity (Wildman–Crippen MR) is 41.4 cm³/mol. The molecule has 0 fully saturated rings. The van der Waals surface area contributed by atoms with E-state index in [0.29, 0.717) is 12.1 Å². The summed E-state index contributed by atoms with van der Waals surface area (Å²) in [6, 6.07) is 1.17. The second-order valence-corrected chi connectivity index (χ2v) is 3.04. The lowest BCUT2D eigenvalue weighted by Crippen LogP contribution is -2.57. The van der Waals surface area contributed by atoms with E-state index in [1.165, 1.54) is 0 Å². The molecule has 0 rings (SSSR count). The lowest BCUT2D eigenvalue weighted by Gasteiger charge is -1.96. The van der Waals surface area contributed by atoms with E-state index in [4.69, 9.17) is 15.0 Å². The van der Waals surface area contributed by atoms with Crippen molar-refractivity contribution >= 4 is 6.16 Å². The molecule has 0 aromatic carbocycles. The van der Waals surface area contributed by atoms with Crippen molar-refractivity contribution in [2.24, 2.45) is 0 Å². The third kappa shape index (κ3) is 940. The fourth-order valence-electron chi connectivity index (χ4n) is 0. The van der Waals surface area contributed by atoms with E-state index in [2.05, 4.69) is 39.2 Å². The van der Waals surface area contributed by atoms with Crippen LogP contribution < -0.4 is 21.7 Å². The van der Waals surface area contributed by atoms with Crippen molar-refractivity contribution in [2.75, 3.05) is 0 Å². The molecular formula is C7H20N2O3. The number of carbonyl (C=O) groups excluding carboxylic acids is 1. The number of rotatable bonds is 0. The Bertz CT molecular complexity index is 79.1. The quantitative estimate of drug-likeness (QED) is 0.409. The molecule has 0 heterocycles. The summed E-state index contributed by atoms with van der Waals surface area (Å²) in [5.41, 5.74) is 7.28. The summed E-state index contributed by atoms with van der Waals surface area (Å²) in [7, 11) is 0. The monoisotopic (exact) mass is 180 g/mol. The maximum Gasteiger partial charge on any atom is 0.0786 e. The molecule has 0 radical (unpaired) electrons. The molecule has 0 aliphatic heterocycles. The maximum absolute atomic E-state index is 8.33. The van der Waals surface area contributed by atoms with Crippen LogP contribution in [0.1, 0.15) is 27.7 Å². The highest BCUT2D eigenvalue weighted by atomic mass is 16.6. The summed E-state index contributed by atoms with van der Waals surface area (Å²) in [6.07, 6.45) is -2.33. The van der Waals surface area contributed by atoms with Gasteiger partial charge in [0.25, 0.3) is 0 Å². The third-order valence-electron chi connectivity index (χ3n) is 0. The van der Waals surface area contributed by atoms with Crippen molar-refractivity contribution in [1.82, 2.24) is 0 Å². The van der Waals surface area contributed by atoms with Gasteiger partial charge in [0, 0.05) is 0 Å². The van der Waals surface area contributed by atoms with Crippen LogP contribution in [0.4, 0.5) is 4.79 Å². The van der Waals surface area contributed by atoms with Crippen LogP contribution >= 0.6 is 0 Å². The van der Waals surface area contributed by atoms with Crippen molar-refractivity contribution < 1.29 is 26.5 Å². The Hall–Kier alpha value is -0.810. The number of carbonyl (C=O) groups is 1. The Balaban J connectivity index is -0.000000101. The van der Waals surface area contributed by atoms with Crippen molar-refractivity contribution in [3.05, 3.63) is 0 Å². The van der Waals surface area contributed by atoms with E-state index in [0.717, 1.165) is 0 Å². The summed E-state index contributed by atoms with van der Waals surface area (Å²) < 4.78 is 0. The Morgan fingerprint density at radius 3 is 1.00 bits per heavy atom. The van der Waals surface area contributed by atoms with E-state index >= 15 is 0 Å². The van der Waals surface area contributed by atoms with Crippen LogP contribution in [0.3, 0.4) is 0 Å². The summed E-state index contributed by atoms with van der Waals surface area (Å²) in [5.74, 6) is 0. The molecule has 0 aliphatic rings. The van der Waals surface area contributed by atoms with Crippen LogP contribution in [0.2, 0.25) is 0 Å². The first-order chi connectivity index (χ1) is 5.20. The van der Waals surface area contributed by atoms with Gasteiger partial charge in [0.15, 0.2) is 0 Å². The molecule has 0 spiro atoms. The molecule has 0 atom stereocenters. The standard InChI is InChI=1S/2C3H9N.CH2O3/c2*1-3(2)4;2-1(3)4/h2*3H,4H2,1-2H3;(H2,2,3,4). The predicted octanol–water partition coefficient (Wildman–Crippen LogP) is -3.17. The number of hydrogen-bond acceptors (Lipinski definition) is 3. The number of carboxylic acid groups (broad SMARTS) is 2. The molecule has 76 valence electrons. The minimum absolute atomic E-state index is 0.583. The second kappa shape index (κ2) is 12.8. The van der Waals surface area contributed by atoms with Gasteiger partial charge < -0.3 is 26.5 Å². The zero-order chi connectivity index (χ0) is 10.7. The average molecular weight is 180 g/mol. The van der Waals surface area contributed by atoms with E-state index in [-0.39, 0.29) is 0 Å². The molecule has 0 aliphatic carbocycles. The molecule has 5 nitrogen and oxygen atoms in total. The first-order valence-corrected chi connectivity index (χ1v) is 3.74. The summed E-state index contributed by atoms with van der Waals surface area (Å²) in [5, 5.41) is 16.7. The van der Waals surface area contributed by atoms with Gasteiger partial charge in [-0.25, -0.2) is 0 Å². The SMILES string of the molecule is CC(C)[NH3+].CC(C)[NH3+].O=C([O-])[O-]. The normalized spacial score (nSPS) is 8.00. The minimum Gasteiger partial charge on any atom is -0.652 e. The zero-order valence-corrected chi connectivity index (χ0v) is 8.29. The van der Waals surface area contributed by atoms with Gasteiger partial charge in [0.1, 0.15) is 0 Å². The number of hydrogen-bond donors (Lipinski definition) is 2. The van der Waals surface area contributed by atoms with Crippen molar-refractivity contribution in [2.45, 2.75) is 39.8 Å². The minimum atomic E-state index is -2.33. The van der Waals surface area contributed by atoms with Crippen molar-refractivity contribution in [3.8, 4) is 0 Å². The van der Waals surface area contributed by atoms with Gasteiger partial charge in [-0.15, -0.1) is 0 Å². The Morgan fingerprint density at radius 2 is 1.00 bits per heavy atom. The lowest BCUT2D eigenvalue weighted by atomic mass is 10.4. The Kier molecular flexibility index (Phi) is 18.5. The molecule has 0 aromatic rings. The fourth-order valence-corrected chi connectivity index (χ4v) is 0. The second-order valence-electron chi connectivity index (χ2n) is 3.04. The summed E-state index contributed by atoms with van der Waals surface area (Å²) >= 11 is 0. The smallest absolute Gasteiger partial charge is 0.0786 e. The highest BCUT2D eigenvalue weighted by Crippen LogP contribution is 1.53. The van der Waals surface area contributed by atoms with Gasteiger partial charge in [0.05, 0.1) is 12.1 Å². The molecule has 5 heteroatoms. The van der Waals surface area contributed by atoms with Gasteiger partial charge in [-0.3, -0.25) is 0 Å². The van der Waals surface area contributed by atoms with E-state index in [1.807, 2.05) is 0 Å². The molecule has 0 unspecified atom stereocenters. The Morgan fingerprint density at radius 1 is 1.00 bits per heavy atom. The van der Waals surface area contributed by atoms with Gasteiger partial charge in [-0.2, -0.15) is 0 Å². The first-order valence-electron chi connectivity index (χ1n) is 3.74. The van der Waals surface area contributed by atoms with Crippen LogP contribution in [-0.4, -0.2) is 18.2 Å². The average Bonchev–Trinajstić information content (AvgIpc) is 1.54. The highest BCUT2D eigenvalue weighted by Gasteiger charge is 1.72. The van der Waals surface area contributed by atoms with E-state index < -0.39 is 6.16 Å². The topological polar surface area (TPSA) is 118 Å². The summed E-state index contributed by atoms with van der Waals surface area (Å²) in [6.45, 7) is 8.22. The fraction of sp³-hybridized carbons (Fsp3) is 0.857. The van der Waals surface area contributed by atoms with Gasteiger partial charge in [-0.1, -0.05) is 0 Å². The van der Waals surface area contributed by atoms with Crippen LogP contribution in [0, 0.1) is 0 Å².